The zero-order chi connectivity index (χ0) is 5.45. The molecule has 0 atom stereocenters. The van der Waals surface area contributed by atoms with Crippen LogP contribution in [0.5, 0.6) is 0 Å². The van der Waals surface area contributed by atoms with Crippen LogP contribution in [0.4, 0.5) is -1.05 Å². The molecule has 0 nitrogen and oxygen atoms in total. The average Bonchev–Trinajstić information content (AvgIpc) is 0.650. The minimum atomic E-state index is -9.44. The Kier molecular flexibility index (Phi) is 1.67. The molecule has 0 aliphatic carbocycles. The maximum absolute atomic E-state index is 9.94. The third-order valence-corrected chi connectivity index (χ3v) is 0. The molecule has 0 bridgehead atoms. The van der Waals surface area contributed by atoms with Gasteiger partial charge in [-0.05, 0) is 0 Å². The van der Waals surface area contributed by atoms with E-state index in [9.17, 15) is -1.05 Å². The van der Waals surface area contributed by atoms with E-state index in [1.807, 2.05) is 0 Å². The summed E-state index contributed by atoms with van der Waals surface area (Å²) >= 11 is -9.44. The zero-order valence-electron chi connectivity index (χ0n) is 2.89. The Labute approximate surface area is 42.0 Å². The molecule has 0 amide bonds. The first-order valence-corrected chi connectivity index (χ1v) is 7.79. The summed E-state index contributed by atoms with van der Waals surface area (Å²) < 4.78 is 49.7. The number of halogens is 5. The van der Waals surface area contributed by atoms with Crippen LogP contribution in [-0.4, -0.2) is 44.0 Å². The third kappa shape index (κ3) is 58.7. The first kappa shape index (κ1) is 7.29. The summed E-state index contributed by atoms with van der Waals surface area (Å²) in [6.45, 7) is 0. The van der Waals surface area contributed by atoms with Crippen molar-refractivity contribution in [3.63, 3.8) is 0 Å². The molecule has 36 valence electrons. The van der Waals surface area contributed by atoms with Crippen LogP contribution in [0.1, 0.15) is 0 Å². The molecule has 0 heterocycles. The van der Waals surface area contributed by atoms with Crippen LogP contribution in [-0.2, 0) is 0 Å². The fourth-order valence-electron chi connectivity index (χ4n) is 0. The van der Waals surface area contributed by atoms with E-state index in [1.54, 1.807) is 0 Å². The van der Waals surface area contributed by atoms with E-state index in [-0.39, 0.29) is 0 Å². The molecule has 0 fully saturated rings. The van der Waals surface area contributed by atoms with Gasteiger partial charge in [-0.25, -0.2) is 0 Å². The van der Waals surface area contributed by atoms with Crippen molar-refractivity contribution in [3.05, 3.63) is 0 Å². The second kappa shape index (κ2) is 1.38. The second-order valence-corrected chi connectivity index (χ2v) is 5.89. The van der Waals surface area contributed by atoms with Crippen LogP contribution in [0.25, 0.3) is 0 Å². The quantitative estimate of drug-likeness (QED) is 0.349. The molecular weight excluding hydrogens is 134 g/mol. The molecule has 0 spiro atoms. The van der Waals surface area contributed by atoms with E-state index >= 15 is 0 Å². The van der Waals surface area contributed by atoms with Crippen LogP contribution in [0.2, 0.25) is 0 Å². The molecule has 0 aromatic rings. The molecule has 0 saturated carbocycles. The van der Waals surface area contributed by atoms with E-state index in [2.05, 4.69) is 0 Å². The van der Waals surface area contributed by atoms with Gasteiger partial charge in [0.2, 0.25) is 0 Å². The Morgan fingerprint density at radius 3 is 0.667 bits per heavy atom. The molecule has 0 saturated heterocycles. The summed E-state index contributed by atoms with van der Waals surface area (Å²) in [5, 5.41) is 0. The van der Waals surface area contributed by atoms with Crippen molar-refractivity contribution in [2.45, 2.75) is 0 Å². The molecule has 0 aliphatic heterocycles. The Bertz CT molecular complexity index is 37.1. The number of hydrogen-bond donors (Lipinski definition) is 0. The van der Waals surface area contributed by atoms with E-state index in [4.69, 9.17) is 0 Å². The van der Waals surface area contributed by atoms with Crippen LogP contribution < -0.4 is 0 Å². The van der Waals surface area contributed by atoms with E-state index in [1.165, 1.54) is 0 Å². The van der Waals surface area contributed by atoms with Crippen molar-refractivity contribution >= 4 is 44.0 Å². The summed E-state index contributed by atoms with van der Waals surface area (Å²) in [7, 11) is 0. The summed E-state index contributed by atoms with van der Waals surface area (Å²) in [6, 6.07) is 0. The third-order valence-electron chi connectivity index (χ3n) is 0. The van der Waals surface area contributed by atoms with Gasteiger partial charge in [-0.3, -0.25) is 0 Å². The topological polar surface area (TPSA) is 0 Å². The molecular formula is F5K. The Morgan fingerprint density at radius 1 is 0.667 bits per heavy atom. The fourth-order valence-corrected chi connectivity index (χ4v) is 0. The Balaban J connectivity index is 3.73. The normalized spacial score (nSPS) is 15.0. The van der Waals surface area contributed by atoms with Gasteiger partial charge >= 0.3 is 42.9 Å². The molecule has 6 heavy (non-hydrogen) atoms. The SMILES string of the molecule is [F][K]([F])([F])([F])[F]. The van der Waals surface area contributed by atoms with Crippen molar-refractivity contribution in [3.8, 4) is 0 Å². The van der Waals surface area contributed by atoms with Crippen molar-refractivity contribution < 1.29 is -1.05 Å². The summed E-state index contributed by atoms with van der Waals surface area (Å²) in [5.74, 6) is 0. The van der Waals surface area contributed by atoms with Crippen molar-refractivity contribution in [1.82, 2.24) is 0 Å². The van der Waals surface area contributed by atoms with Gasteiger partial charge in [-0.1, -0.05) is 0 Å². The van der Waals surface area contributed by atoms with Gasteiger partial charge in [0.15, 0.2) is 0 Å². The van der Waals surface area contributed by atoms with Crippen LogP contribution in [0.3, 0.4) is 0 Å². The van der Waals surface area contributed by atoms with Gasteiger partial charge in [0, 0.05) is 0 Å². The van der Waals surface area contributed by atoms with Crippen molar-refractivity contribution in [2.24, 2.45) is 0 Å². The zero-order valence-corrected chi connectivity index (χ0v) is 6.01. The number of rotatable bonds is 0. The predicted octanol–water partition coefficient (Wildman–Crippen LogP) is 1.72. The summed E-state index contributed by atoms with van der Waals surface area (Å²) in [5.41, 5.74) is 0. The second-order valence-electron chi connectivity index (χ2n) is 1.43. The van der Waals surface area contributed by atoms with Crippen LogP contribution in [0, 0.1) is 0 Å². The Hall–Kier alpha value is 1.29. The molecule has 0 aromatic carbocycles. The molecule has 0 unspecified atom stereocenters. The molecule has 2 radical (unpaired) electrons. The molecule has 0 aromatic heterocycles. The van der Waals surface area contributed by atoms with Gasteiger partial charge < -0.3 is 0 Å². The average molecular weight is 134 g/mol. The maximum atomic E-state index is 9.94. The van der Waals surface area contributed by atoms with Gasteiger partial charge in [0.1, 0.15) is 0 Å². The molecule has 6 heteroatoms. The van der Waals surface area contributed by atoms with E-state index in [0.29, 0.717) is 0 Å². The van der Waals surface area contributed by atoms with Gasteiger partial charge in [0.05, 0.1) is 0 Å². The van der Waals surface area contributed by atoms with Gasteiger partial charge in [0.25, 0.3) is 0 Å². The number of hydrogen-bond acceptors (Lipinski definition) is 0. The summed E-state index contributed by atoms with van der Waals surface area (Å²) in [6.07, 6.45) is 0. The molecule has 0 aliphatic rings. The van der Waals surface area contributed by atoms with Crippen molar-refractivity contribution in [1.29, 1.82) is 0 Å². The molecule has 0 N–H and O–H groups in total. The monoisotopic (exact) mass is 134 g/mol. The van der Waals surface area contributed by atoms with E-state index < -0.39 is 44.0 Å². The van der Waals surface area contributed by atoms with Crippen LogP contribution in [0.15, 0.2) is 0 Å². The minimum absolute atomic E-state index is 9.44. The summed E-state index contributed by atoms with van der Waals surface area (Å²) in [4.78, 5) is 0. The van der Waals surface area contributed by atoms with Crippen molar-refractivity contribution in [2.75, 3.05) is 0 Å². The first-order chi connectivity index (χ1) is 2.24. The first-order valence-electron chi connectivity index (χ1n) is 1.89. The standard InChI is InChI=1S/5FH.K/h5*1H;/q;;;;;+5/p-5. The fraction of sp³-hybridized carbons (Fsp3) is 0. The van der Waals surface area contributed by atoms with Gasteiger partial charge in [-0.15, -0.1) is 0 Å². The predicted molar refractivity (Wildman–Crippen MR) is 11.3 cm³/mol. The molecule has 0 rings (SSSR count). The van der Waals surface area contributed by atoms with E-state index in [0.717, 1.165) is 0 Å². The van der Waals surface area contributed by atoms with Gasteiger partial charge in [-0.2, -0.15) is 0 Å². The van der Waals surface area contributed by atoms with Crippen LogP contribution >= 0.6 is 0 Å². The Morgan fingerprint density at radius 2 is 0.667 bits per heavy atom.